The maximum atomic E-state index is 13.8. The van der Waals surface area contributed by atoms with Crippen molar-refractivity contribution in [2.75, 3.05) is 13.7 Å². The van der Waals surface area contributed by atoms with Crippen LogP contribution >= 0.6 is 15.9 Å². The minimum atomic E-state index is -0.178. The number of benzene rings is 2. The lowest BCUT2D eigenvalue weighted by Crippen LogP contribution is -2.22. The SMILES string of the molecule is COc1ccc(CCNC(C)c2cc(Br)ccc2F)cc1. The summed E-state index contributed by atoms with van der Waals surface area (Å²) in [6.45, 7) is 2.76. The lowest BCUT2D eigenvalue weighted by molar-refractivity contribution is 0.414. The highest BCUT2D eigenvalue weighted by Crippen LogP contribution is 2.21. The molecule has 2 aromatic carbocycles. The molecule has 0 spiro atoms. The van der Waals surface area contributed by atoms with Crippen molar-refractivity contribution in [3.63, 3.8) is 0 Å². The first-order valence-corrected chi connectivity index (χ1v) is 7.70. The molecular weight excluding hydrogens is 333 g/mol. The van der Waals surface area contributed by atoms with Gasteiger partial charge in [0.25, 0.3) is 0 Å². The normalized spacial score (nSPS) is 12.2. The Morgan fingerprint density at radius 2 is 1.90 bits per heavy atom. The number of nitrogens with one attached hydrogen (secondary N) is 1. The Morgan fingerprint density at radius 1 is 1.19 bits per heavy atom. The van der Waals surface area contributed by atoms with Crippen molar-refractivity contribution < 1.29 is 9.13 Å². The summed E-state index contributed by atoms with van der Waals surface area (Å²) in [6, 6.07) is 13.0. The third-order valence-corrected chi connectivity index (χ3v) is 3.94. The summed E-state index contributed by atoms with van der Waals surface area (Å²) in [5.74, 6) is 0.680. The molecule has 112 valence electrons. The fourth-order valence-electron chi connectivity index (χ4n) is 2.18. The van der Waals surface area contributed by atoms with Gasteiger partial charge in [-0.3, -0.25) is 0 Å². The highest BCUT2D eigenvalue weighted by molar-refractivity contribution is 9.10. The van der Waals surface area contributed by atoms with Gasteiger partial charge in [-0.05, 0) is 55.8 Å². The Kier molecular flexibility index (Phi) is 5.76. The Morgan fingerprint density at radius 3 is 2.57 bits per heavy atom. The van der Waals surface area contributed by atoms with Crippen LogP contribution in [-0.2, 0) is 6.42 Å². The standard InChI is InChI=1S/C17H19BrFNO/c1-12(16-11-14(18)5-8-17(16)19)20-10-9-13-3-6-15(21-2)7-4-13/h3-8,11-12,20H,9-10H2,1-2H3. The first-order valence-electron chi connectivity index (χ1n) is 6.91. The molecule has 4 heteroatoms. The second-order valence-electron chi connectivity index (χ2n) is 4.94. The number of rotatable bonds is 6. The lowest BCUT2D eigenvalue weighted by Gasteiger charge is -2.15. The summed E-state index contributed by atoms with van der Waals surface area (Å²) in [6.07, 6.45) is 0.893. The van der Waals surface area contributed by atoms with Crippen LogP contribution < -0.4 is 10.1 Å². The molecule has 1 unspecified atom stereocenters. The van der Waals surface area contributed by atoms with Gasteiger partial charge in [0.1, 0.15) is 11.6 Å². The van der Waals surface area contributed by atoms with E-state index in [1.807, 2.05) is 37.3 Å². The van der Waals surface area contributed by atoms with Crippen LogP contribution in [0.1, 0.15) is 24.1 Å². The van der Waals surface area contributed by atoms with Gasteiger partial charge in [-0.1, -0.05) is 28.1 Å². The van der Waals surface area contributed by atoms with Crippen LogP contribution in [0.25, 0.3) is 0 Å². The zero-order valence-corrected chi connectivity index (χ0v) is 13.8. The van der Waals surface area contributed by atoms with Crippen molar-refractivity contribution in [3.05, 3.63) is 63.9 Å². The fraction of sp³-hybridized carbons (Fsp3) is 0.294. The predicted molar refractivity (Wildman–Crippen MR) is 87.2 cm³/mol. The van der Waals surface area contributed by atoms with E-state index in [0.717, 1.165) is 23.2 Å². The zero-order valence-electron chi connectivity index (χ0n) is 12.2. The van der Waals surface area contributed by atoms with Gasteiger partial charge >= 0.3 is 0 Å². The van der Waals surface area contributed by atoms with E-state index in [9.17, 15) is 4.39 Å². The van der Waals surface area contributed by atoms with Crippen LogP contribution in [0.4, 0.5) is 4.39 Å². The summed E-state index contributed by atoms with van der Waals surface area (Å²) in [5.41, 5.74) is 1.91. The van der Waals surface area contributed by atoms with Gasteiger partial charge in [0, 0.05) is 16.1 Å². The Bertz CT molecular complexity index is 586. The molecule has 0 saturated heterocycles. The molecule has 2 nitrogen and oxygen atoms in total. The van der Waals surface area contributed by atoms with E-state index in [4.69, 9.17) is 4.74 Å². The van der Waals surface area contributed by atoms with Gasteiger partial charge in [0.2, 0.25) is 0 Å². The first-order chi connectivity index (χ1) is 10.1. The quantitative estimate of drug-likeness (QED) is 0.827. The number of ether oxygens (including phenoxy) is 1. The highest BCUT2D eigenvalue weighted by Gasteiger charge is 2.10. The molecule has 0 heterocycles. The Balaban J connectivity index is 1.88. The van der Waals surface area contributed by atoms with Gasteiger partial charge in [0.15, 0.2) is 0 Å². The maximum absolute atomic E-state index is 13.8. The Labute approximate surface area is 133 Å². The number of halogens is 2. The number of hydrogen-bond acceptors (Lipinski definition) is 2. The first kappa shape index (κ1) is 16.0. The van der Waals surface area contributed by atoms with E-state index < -0.39 is 0 Å². The molecule has 0 radical (unpaired) electrons. The molecular formula is C17H19BrFNO. The van der Waals surface area contributed by atoms with Crippen LogP contribution in [-0.4, -0.2) is 13.7 Å². The Hall–Kier alpha value is -1.39. The molecule has 1 atom stereocenters. The minimum absolute atomic E-state index is 0.0271. The van der Waals surface area contributed by atoms with E-state index in [2.05, 4.69) is 21.2 Å². The molecule has 2 rings (SSSR count). The number of methoxy groups -OCH3 is 1. The molecule has 0 fully saturated rings. The minimum Gasteiger partial charge on any atom is -0.497 e. The van der Waals surface area contributed by atoms with Crippen LogP contribution in [0, 0.1) is 5.82 Å². The monoisotopic (exact) mass is 351 g/mol. The second kappa shape index (κ2) is 7.57. The lowest BCUT2D eigenvalue weighted by atomic mass is 10.1. The number of hydrogen-bond donors (Lipinski definition) is 1. The molecule has 1 N–H and O–H groups in total. The van der Waals surface area contributed by atoms with Crippen molar-refractivity contribution >= 4 is 15.9 Å². The van der Waals surface area contributed by atoms with E-state index in [-0.39, 0.29) is 11.9 Å². The van der Waals surface area contributed by atoms with Crippen molar-refractivity contribution in [3.8, 4) is 5.75 Å². The van der Waals surface area contributed by atoms with E-state index >= 15 is 0 Å². The van der Waals surface area contributed by atoms with Crippen LogP contribution in [0.15, 0.2) is 46.9 Å². The van der Waals surface area contributed by atoms with Crippen molar-refractivity contribution in [1.29, 1.82) is 0 Å². The fourth-order valence-corrected chi connectivity index (χ4v) is 2.56. The second-order valence-corrected chi connectivity index (χ2v) is 5.86. The molecule has 0 amide bonds. The molecule has 0 aliphatic carbocycles. The van der Waals surface area contributed by atoms with Crippen LogP contribution in [0.2, 0.25) is 0 Å². The molecule has 0 aliphatic heterocycles. The van der Waals surface area contributed by atoms with Gasteiger partial charge in [-0.25, -0.2) is 4.39 Å². The van der Waals surface area contributed by atoms with Gasteiger partial charge in [-0.2, -0.15) is 0 Å². The van der Waals surface area contributed by atoms with Crippen molar-refractivity contribution in [2.45, 2.75) is 19.4 Å². The van der Waals surface area contributed by atoms with Crippen LogP contribution in [0.5, 0.6) is 5.75 Å². The summed E-state index contributed by atoms with van der Waals surface area (Å²) >= 11 is 3.38. The topological polar surface area (TPSA) is 21.3 Å². The van der Waals surface area contributed by atoms with Crippen LogP contribution in [0.3, 0.4) is 0 Å². The van der Waals surface area contributed by atoms with E-state index in [1.165, 1.54) is 11.6 Å². The molecule has 0 aromatic heterocycles. The largest absolute Gasteiger partial charge is 0.497 e. The van der Waals surface area contributed by atoms with Gasteiger partial charge in [-0.15, -0.1) is 0 Å². The maximum Gasteiger partial charge on any atom is 0.128 e. The molecule has 21 heavy (non-hydrogen) atoms. The summed E-state index contributed by atoms with van der Waals surface area (Å²) in [5, 5.41) is 3.35. The van der Waals surface area contributed by atoms with Gasteiger partial charge in [0.05, 0.1) is 7.11 Å². The van der Waals surface area contributed by atoms with E-state index in [0.29, 0.717) is 5.56 Å². The van der Waals surface area contributed by atoms with Crippen molar-refractivity contribution in [1.82, 2.24) is 5.32 Å². The predicted octanol–water partition coefficient (Wildman–Crippen LogP) is 4.49. The third-order valence-electron chi connectivity index (χ3n) is 3.45. The summed E-state index contributed by atoms with van der Waals surface area (Å²) < 4.78 is 19.8. The molecule has 0 saturated carbocycles. The summed E-state index contributed by atoms with van der Waals surface area (Å²) in [7, 11) is 1.66. The zero-order chi connectivity index (χ0) is 15.2. The van der Waals surface area contributed by atoms with Crippen molar-refractivity contribution in [2.24, 2.45) is 0 Å². The average Bonchev–Trinajstić information content (AvgIpc) is 2.50. The molecule has 2 aromatic rings. The smallest absolute Gasteiger partial charge is 0.128 e. The van der Waals surface area contributed by atoms with E-state index in [1.54, 1.807) is 13.2 Å². The highest BCUT2D eigenvalue weighted by atomic mass is 79.9. The third kappa shape index (κ3) is 4.55. The van der Waals surface area contributed by atoms with Gasteiger partial charge < -0.3 is 10.1 Å². The molecule has 0 bridgehead atoms. The molecule has 0 aliphatic rings. The average molecular weight is 352 g/mol. The summed E-state index contributed by atoms with van der Waals surface area (Å²) in [4.78, 5) is 0.